The summed E-state index contributed by atoms with van der Waals surface area (Å²) in [7, 11) is 0. The van der Waals surface area contributed by atoms with Crippen LogP contribution >= 0.6 is 0 Å². The molecule has 7 nitrogen and oxygen atoms in total. The van der Waals surface area contributed by atoms with Crippen molar-refractivity contribution in [3.05, 3.63) is 35.6 Å². The Labute approximate surface area is 197 Å². The number of nitrogens with zero attached hydrogens (tertiary/aromatic N) is 3. The molecule has 0 radical (unpaired) electrons. The number of halogens is 3. The summed E-state index contributed by atoms with van der Waals surface area (Å²) in [6.45, 7) is 5.88. The maximum atomic E-state index is 13.9. The average molecular weight is 480 g/mol. The maximum absolute atomic E-state index is 13.9. The maximum Gasteiger partial charge on any atom is 0.260 e. The minimum absolute atomic E-state index is 0.0906. The van der Waals surface area contributed by atoms with Gasteiger partial charge in [0.2, 0.25) is 0 Å². The van der Waals surface area contributed by atoms with Crippen molar-refractivity contribution in [2.45, 2.75) is 25.2 Å². The number of nitrogens with one attached hydrogen (secondary N) is 2. The molecular weight excluding hydrogens is 447 g/mol. The van der Waals surface area contributed by atoms with Crippen LogP contribution in [-0.4, -0.2) is 92.2 Å². The van der Waals surface area contributed by atoms with E-state index in [2.05, 4.69) is 20.5 Å². The lowest BCUT2D eigenvalue weighted by molar-refractivity contribution is -0.0632. The topological polar surface area (TPSA) is 69.7 Å². The lowest BCUT2D eigenvalue weighted by Crippen LogP contribution is -2.45. The molecule has 0 aliphatic carbocycles. The van der Waals surface area contributed by atoms with Gasteiger partial charge in [0.15, 0.2) is 0 Å². The van der Waals surface area contributed by atoms with Gasteiger partial charge in [0.25, 0.3) is 11.8 Å². The summed E-state index contributed by atoms with van der Waals surface area (Å²) in [5.41, 5.74) is 0.824. The number of benzene rings is 1. The average Bonchev–Trinajstić information content (AvgIpc) is 2.81. The molecule has 2 fully saturated rings. The Bertz CT molecular complexity index is 984. The van der Waals surface area contributed by atoms with E-state index in [0.717, 1.165) is 39.3 Å². The molecule has 1 amide bonds. The van der Waals surface area contributed by atoms with Crippen LogP contribution in [0.1, 0.15) is 29.6 Å². The molecule has 1 aromatic heterocycles. The Hall–Kier alpha value is -2.43. The molecule has 2 aliphatic heterocycles. The van der Waals surface area contributed by atoms with Crippen LogP contribution in [0.4, 0.5) is 19.0 Å². The van der Waals surface area contributed by atoms with Gasteiger partial charge in [-0.15, -0.1) is 0 Å². The van der Waals surface area contributed by atoms with Gasteiger partial charge in [-0.2, -0.15) is 0 Å². The van der Waals surface area contributed by atoms with Crippen molar-refractivity contribution in [1.29, 1.82) is 0 Å². The van der Waals surface area contributed by atoms with Crippen LogP contribution in [0.3, 0.4) is 0 Å². The van der Waals surface area contributed by atoms with Gasteiger partial charge in [-0.25, -0.2) is 18.2 Å². The molecule has 0 atom stereocenters. The van der Waals surface area contributed by atoms with Crippen molar-refractivity contribution in [2.75, 3.05) is 70.9 Å². The Balaban J connectivity index is 1.37. The fourth-order valence-corrected chi connectivity index (χ4v) is 4.48. The lowest BCUT2D eigenvalue weighted by Gasteiger charge is -2.32. The molecule has 1 aromatic carbocycles. The second-order valence-electron chi connectivity index (χ2n) is 8.94. The minimum Gasteiger partial charge on any atom is -0.379 e. The zero-order valence-electron chi connectivity index (χ0n) is 19.3. The number of piperidine rings is 1. The highest BCUT2D eigenvalue weighted by Gasteiger charge is 2.34. The van der Waals surface area contributed by atoms with Gasteiger partial charge in [-0.05, 0) is 50.2 Å². The van der Waals surface area contributed by atoms with Gasteiger partial charge in [0.05, 0.1) is 30.8 Å². The van der Waals surface area contributed by atoms with E-state index in [9.17, 15) is 18.0 Å². The van der Waals surface area contributed by atoms with Crippen LogP contribution in [0.5, 0.6) is 0 Å². The molecule has 34 heavy (non-hydrogen) atoms. The number of amides is 1. The number of hydrogen-bond donors (Lipinski definition) is 2. The fraction of sp³-hybridized carbons (Fsp3) is 0.583. The molecule has 186 valence electrons. The largest absolute Gasteiger partial charge is 0.379 e. The molecule has 0 unspecified atom stereocenters. The van der Waals surface area contributed by atoms with Crippen molar-refractivity contribution in [3.63, 3.8) is 0 Å². The first-order chi connectivity index (χ1) is 16.4. The number of aromatic nitrogens is 1. The van der Waals surface area contributed by atoms with Crippen molar-refractivity contribution < 1.29 is 22.7 Å². The molecule has 2 N–H and O–H groups in total. The summed E-state index contributed by atoms with van der Waals surface area (Å²) in [5, 5.41) is 6.49. The van der Waals surface area contributed by atoms with Gasteiger partial charge in [0, 0.05) is 44.5 Å². The predicted octanol–water partition coefficient (Wildman–Crippen LogP) is 2.97. The first kappa shape index (κ1) is 24.7. The van der Waals surface area contributed by atoms with E-state index in [1.54, 1.807) is 17.0 Å². The SMILES string of the molecule is O=C(NCCN1CCCC(F)(F)C1)c1cc(NCCCN2CCOCC2)nc2ccc(F)cc12. The van der Waals surface area contributed by atoms with Crippen LogP contribution < -0.4 is 10.6 Å². The number of likely N-dealkylation sites (tertiary alicyclic amines) is 1. The van der Waals surface area contributed by atoms with E-state index in [1.807, 2.05) is 0 Å². The van der Waals surface area contributed by atoms with Crippen LogP contribution in [0.2, 0.25) is 0 Å². The van der Waals surface area contributed by atoms with E-state index < -0.39 is 11.7 Å². The quantitative estimate of drug-likeness (QED) is 0.539. The number of carbonyl (C=O) groups excluding carboxylic acids is 1. The Kier molecular flexibility index (Phi) is 8.23. The third kappa shape index (κ3) is 6.80. The number of morpholine rings is 1. The highest BCUT2D eigenvalue weighted by atomic mass is 19.3. The molecule has 2 saturated heterocycles. The van der Waals surface area contributed by atoms with Gasteiger partial charge in [0.1, 0.15) is 11.6 Å². The summed E-state index contributed by atoms with van der Waals surface area (Å²) >= 11 is 0. The van der Waals surface area contributed by atoms with Crippen LogP contribution in [0.25, 0.3) is 10.9 Å². The van der Waals surface area contributed by atoms with Crippen molar-refractivity contribution in [3.8, 4) is 0 Å². The molecule has 2 aliphatic rings. The second-order valence-corrected chi connectivity index (χ2v) is 8.94. The number of fused-ring (bicyclic) bond motifs is 1. The molecule has 0 saturated carbocycles. The number of hydrogen-bond acceptors (Lipinski definition) is 6. The van der Waals surface area contributed by atoms with Gasteiger partial charge in [-0.3, -0.25) is 14.6 Å². The summed E-state index contributed by atoms with van der Waals surface area (Å²) < 4.78 is 46.5. The monoisotopic (exact) mass is 479 g/mol. The van der Waals surface area contributed by atoms with E-state index >= 15 is 0 Å². The number of alkyl halides is 2. The van der Waals surface area contributed by atoms with Gasteiger partial charge in [-0.1, -0.05) is 0 Å². The van der Waals surface area contributed by atoms with E-state index in [1.165, 1.54) is 12.1 Å². The lowest BCUT2D eigenvalue weighted by atomic mass is 10.1. The molecule has 4 rings (SSSR count). The fourth-order valence-electron chi connectivity index (χ4n) is 4.48. The number of ether oxygens (including phenoxy) is 1. The molecular formula is C24H32F3N5O2. The normalized spacial score (nSPS) is 19.3. The molecule has 2 aromatic rings. The number of carbonyl (C=O) groups is 1. The Morgan fingerprint density at radius 1 is 1.09 bits per heavy atom. The highest BCUT2D eigenvalue weighted by Crippen LogP contribution is 2.26. The first-order valence-corrected chi connectivity index (χ1v) is 11.9. The summed E-state index contributed by atoms with van der Waals surface area (Å²) in [4.78, 5) is 21.5. The Morgan fingerprint density at radius 3 is 2.71 bits per heavy atom. The molecule has 0 bridgehead atoms. The van der Waals surface area contributed by atoms with E-state index in [4.69, 9.17) is 4.74 Å². The van der Waals surface area contributed by atoms with Crippen molar-refractivity contribution >= 4 is 22.6 Å². The van der Waals surface area contributed by atoms with E-state index in [-0.39, 0.29) is 25.4 Å². The van der Waals surface area contributed by atoms with Crippen LogP contribution in [0, 0.1) is 5.82 Å². The van der Waals surface area contributed by atoms with E-state index in [0.29, 0.717) is 48.3 Å². The number of anilines is 1. The van der Waals surface area contributed by atoms with Crippen LogP contribution in [-0.2, 0) is 4.74 Å². The minimum atomic E-state index is -2.68. The van der Waals surface area contributed by atoms with Gasteiger partial charge < -0.3 is 15.4 Å². The number of pyridine rings is 1. The zero-order chi connectivity index (χ0) is 24.0. The zero-order valence-corrected chi connectivity index (χ0v) is 19.3. The third-order valence-electron chi connectivity index (χ3n) is 6.26. The number of rotatable bonds is 9. The molecule has 0 spiro atoms. The summed E-state index contributed by atoms with van der Waals surface area (Å²) in [6, 6.07) is 5.79. The van der Waals surface area contributed by atoms with Crippen molar-refractivity contribution in [2.24, 2.45) is 0 Å². The highest BCUT2D eigenvalue weighted by molar-refractivity contribution is 6.07. The first-order valence-electron chi connectivity index (χ1n) is 11.9. The van der Waals surface area contributed by atoms with Gasteiger partial charge >= 0.3 is 0 Å². The molecule has 10 heteroatoms. The summed E-state index contributed by atoms with van der Waals surface area (Å²) in [6.07, 6.45) is 1.26. The molecule has 3 heterocycles. The van der Waals surface area contributed by atoms with Crippen LogP contribution in [0.15, 0.2) is 24.3 Å². The smallest absolute Gasteiger partial charge is 0.260 e. The second kappa shape index (κ2) is 11.3. The standard InChI is InChI=1S/C24H32F3N5O2/c25-18-3-4-21-19(15-18)20(23(33)29-7-10-32-8-1-5-24(26,27)17-32)16-22(30-21)28-6-2-9-31-11-13-34-14-12-31/h3-4,15-16H,1-2,5-14,17H2,(H,28,30)(H,29,33). The summed E-state index contributed by atoms with van der Waals surface area (Å²) in [5.74, 6) is -2.96. The predicted molar refractivity (Wildman–Crippen MR) is 125 cm³/mol. The van der Waals surface area contributed by atoms with Crippen molar-refractivity contribution in [1.82, 2.24) is 20.1 Å². The Morgan fingerprint density at radius 2 is 1.91 bits per heavy atom. The third-order valence-corrected chi connectivity index (χ3v) is 6.26.